The third-order valence-electron chi connectivity index (χ3n) is 2.54. The van der Waals surface area contributed by atoms with Gasteiger partial charge in [0.25, 0.3) is 0 Å². The predicted molar refractivity (Wildman–Crippen MR) is 59.6 cm³/mol. The van der Waals surface area contributed by atoms with E-state index in [9.17, 15) is 0 Å². The summed E-state index contributed by atoms with van der Waals surface area (Å²) in [6.45, 7) is 8.56. The standard InChI is InChI=1S/C12H16N2/c1-8(2)14-10(4)13-11-6-5-9(3)7-12(11)14/h5-8H,1-4H3. The number of hydrogen-bond donors (Lipinski definition) is 0. The molecule has 0 atom stereocenters. The van der Waals surface area contributed by atoms with E-state index in [4.69, 9.17) is 0 Å². The van der Waals surface area contributed by atoms with Crippen LogP contribution in [0.2, 0.25) is 0 Å². The maximum atomic E-state index is 4.54. The van der Waals surface area contributed by atoms with E-state index in [1.807, 2.05) is 0 Å². The van der Waals surface area contributed by atoms with Crippen LogP contribution in [0.4, 0.5) is 0 Å². The van der Waals surface area contributed by atoms with Gasteiger partial charge in [-0.3, -0.25) is 0 Å². The summed E-state index contributed by atoms with van der Waals surface area (Å²) in [7, 11) is 0. The van der Waals surface area contributed by atoms with Crippen LogP contribution in [0.25, 0.3) is 11.0 Å². The zero-order valence-electron chi connectivity index (χ0n) is 9.20. The van der Waals surface area contributed by atoms with Crippen LogP contribution in [0, 0.1) is 13.8 Å². The SMILES string of the molecule is Cc1ccc2nc(C)n(C(C)C)c2c1. The number of benzene rings is 1. The molecule has 0 aliphatic rings. The molecule has 2 nitrogen and oxygen atoms in total. The molecule has 0 bridgehead atoms. The van der Waals surface area contributed by atoms with Crippen molar-refractivity contribution in [2.24, 2.45) is 0 Å². The van der Waals surface area contributed by atoms with Crippen molar-refractivity contribution < 1.29 is 0 Å². The molecule has 0 aliphatic heterocycles. The Balaban J connectivity index is 2.79. The van der Waals surface area contributed by atoms with Gasteiger partial charge in [-0.05, 0) is 45.4 Å². The highest BCUT2D eigenvalue weighted by molar-refractivity contribution is 5.77. The number of fused-ring (bicyclic) bond motifs is 1. The van der Waals surface area contributed by atoms with E-state index >= 15 is 0 Å². The quantitative estimate of drug-likeness (QED) is 0.671. The second-order valence-corrected chi connectivity index (χ2v) is 4.11. The third kappa shape index (κ3) is 1.31. The lowest BCUT2D eigenvalue weighted by molar-refractivity contribution is 0.600. The molecule has 0 radical (unpaired) electrons. The van der Waals surface area contributed by atoms with Crippen LogP contribution in [0.3, 0.4) is 0 Å². The lowest BCUT2D eigenvalue weighted by Gasteiger charge is -2.10. The van der Waals surface area contributed by atoms with E-state index in [-0.39, 0.29) is 0 Å². The molecule has 0 N–H and O–H groups in total. The Morgan fingerprint density at radius 3 is 2.57 bits per heavy atom. The van der Waals surface area contributed by atoms with E-state index in [0.717, 1.165) is 11.3 Å². The molecule has 74 valence electrons. The molecule has 1 aromatic carbocycles. The van der Waals surface area contributed by atoms with Crippen molar-refractivity contribution in [3.8, 4) is 0 Å². The fraction of sp³-hybridized carbons (Fsp3) is 0.417. The Bertz CT molecular complexity index is 466. The molecular formula is C12H16N2. The van der Waals surface area contributed by atoms with Crippen molar-refractivity contribution in [1.29, 1.82) is 0 Å². The fourth-order valence-corrected chi connectivity index (χ4v) is 1.98. The normalized spacial score (nSPS) is 11.5. The first kappa shape index (κ1) is 9.25. The van der Waals surface area contributed by atoms with Crippen LogP contribution >= 0.6 is 0 Å². The van der Waals surface area contributed by atoms with Crippen molar-refractivity contribution in [2.75, 3.05) is 0 Å². The molecule has 0 saturated carbocycles. The Morgan fingerprint density at radius 1 is 1.21 bits per heavy atom. The maximum Gasteiger partial charge on any atom is 0.106 e. The molecule has 0 spiro atoms. The summed E-state index contributed by atoms with van der Waals surface area (Å²) in [5.41, 5.74) is 3.64. The van der Waals surface area contributed by atoms with Gasteiger partial charge in [-0.2, -0.15) is 0 Å². The maximum absolute atomic E-state index is 4.54. The van der Waals surface area contributed by atoms with Crippen LogP contribution in [-0.4, -0.2) is 9.55 Å². The van der Waals surface area contributed by atoms with Crippen molar-refractivity contribution in [3.63, 3.8) is 0 Å². The average Bonchev–Trinajstić information content (AvgIpc) is 2.40. The second kappa shape index (κ2) is 3.12. The third-order valence-corrected chi connectivity index (χ3v) is 2.54. The van der Waals surface area contributed by atoms with E-state index in [1.165, 1.54) is 11.1 Å². The number of aromatic nitrogens is 2. The molecule has 2 aromatic rings. The number of nitrogens with zero attached hydrogens (tertiary/aromatic N) is 2. The van der Waals surface area contributed by atoms with E-state index in [0.29, 0.717) is 6.04 Å². The van der Waals surface area contributed by atoms with Gasteiger partial charge in [0, 0.05) is 6.04 Å². The fourth-order valence-electron chi connectivity index (χ4n) is 1.98. The van der Waals surface area contributed by atoms with E-state index in [2.05, 4.69) is 55.4 Å². The first-order valence-corrected chi connectivity index (χ1v) is 5.05. The molecule has 2 rings (SSSR count). The van der Waals surface area contributed by atoms with Gasteiger partial charge in [0.05, 0.1) is 11.0 Å². The monoisotopic (exact) mass is 188 g/mol. The molecule has 14 heavy (non-hydrogen) atoms. The first-order valence-electron chi connectivity index (χ1n) is 5.05. The lowest BCUT2D eigenvalue weighted by atomic mass is 10.2. The zero-order valence-corrected chi connectivity index (χ0v) is 9.20. The van der Waals surface area contributed by atoms with Crippen molar-refractivity contribution in [2.45, 2.75) is 33.7 Å². The summed E-state index contributed by atoms with van der Waals surface area (Å²) in [4.78, 5) is 4.54. The summed E-state index contributed by atoms with van der Waals surface area (Å²) in [6, 6.07) is 6.88. The van der Waals surface area contributed by atoms with E-state index in [1.54, 1.807) is 0 Å². The zero-order chi connectivity index (χ0) is 10.3. The summed E-state index contributed by atoms with van der Waals surface area (Å²) in [6.07, 6.45) is 0. The molecule has 1 aromatic heterocycles. The molecule has 0 unspecified atom stereocenters. The number of aryl methyl sites for hydroxylation is 2. The van der Waals surface area contributed by atoms with E-state index < -0.39 is 0 Å². The van der Waals surface area contributed by atoms with Gasteiger partial charge in [-0.15, -0.1) is 0 Å². The van der Waals surface area contributed by atoms with Gasteiger partial charge in [-0.1, -0.05) is 6.07 Å². The molecule has 1 heterocycles. The van der Waals surface area contributed by atoms with Gasteiger partial charge < -0.3 is 4.57 Å². The molecule has 0 amide bonds. The number of imidazole rings is 1. The summed E-state index contributed by atoms with van der Waals surface area (Å²) < 4.78 is 2.28. The van der Waals surface area contributed by atoms with Crippen molar-refractivity contribution in [1.82, 2.24) is 9.55 Å². The highest BCUT2D eigenvalue weighted by atomic mass is 15.1. The molecule has 0 fully saturated rings. The van der Waals surface area contributed by atoms with Crippen molar-refractivity contribution in [3.05, 3.63) is 29.6 Å². The molecule has 0 saturated heterocycles. The largest absolute Gasteiger partial charge is 0.326 e. The van der Waals surface area contributed by atoms with Crippen LogP contribution in [0.15, 0.2) is 18.2 Å². The van der Waals surface area contributed by atoms with Gasteiger partial charge >= 0.3 is 0 Å². The van der Waals surface area contributed by atoms with Gasteiger partial charge in [0.15, 0.2) is 0 Å². The van der Waals surface area contributed by atoms with Crippen LogP contribution < -0.4 is 0 Å². The highest BCUT2D eigenvalue weighted by Crippen LogP contribution is 2.21. The minimum Gasteiger partial charge on any atom is -0.326 e. The highest BCUT2D eigenvalue weighted by Gasteiger charge is 2.09. The second-order valence-electron chi connectivity index (χ2n) is 4.11. The number of rotatable bonds is 1. The van der Waals surface area contributed by atoms with Crippen LogP contribution in [0.1, 0.15) is 31.3 Å². The summed E-state index contributed by atoms with van der Waals surface area (Å²) in [5, 5.41) is 0. The minimum atomic E-state index is 0.474. The average molecular weight is 188 g/mol. The Hall–Kier alpha value is -1.31. The van der Waals surface area contributed by atoms with Crippen molar-refractivity contribution >= 4 is 11.0 Å². The first-order chi connectivity index (χ1) is 6.59. The summed E-state index contributed by atoms with van der Waals surface area (Å²) in [5.74, 6) is 1.10. The minimum absolute atomic E-state index is 0.474. The molecular weight excluding hydrogens is 172 g/mol. The van der Waals surface area contributed by atoms with Gasteiger partial charge in [-0.25, -0.2) is 4.98 Å². The van der Waals surface area contributed by atoms with Crippen LogP contribution in [-0.2, 0) is 0 Å². The number of hydrogen-bond acceptors (Lipinski definition) is 1. The molecule has 2 heteroatoms. The summed E-state index contributed by atoms with van der Waals surface area (Å²) >= 11 is 0. The Kier molecular flexibility index (Phi) is 2.06. The smallest absolute Gasteiger partial charge is 0.106 e. The Morgan fingerprint density at radius 2 is 1.93 bits per heavy atom. The topological polar surface area (TPSA) is 17.8 Å². The van der Waals surface area contributed by atoms with Gasteiger partial charge in [0.2, 0.25) is 0 Å². The van der Waals surface area contributed by atoms with Crippen LogP contribution in [0.5, 0.6) is 0 Å². The predicted octanol–water partition coefficient (Wildman–Crippen LogP) is 3.23. The van der Waals surface area contributed by atoms with Gasteiger partial charge in [0.1, 0.15) is 5.82 Å². The molecule has 0 aliphatic carbocycles. The Labute approximate surface area is 84.6 Å². The lowest BCUT2D eigenvalue weighted by Crippen LogP contribution is -2.02.